The summed E-state index contributed by atoms with van der Waals surface area (Å²) in [5.74, 6) is -0.0170. The second-order valence-electron chi connectivity index (χ2n) is 6.66. The molecule has 1 aliphatic carbocycles. The average Bonchev–Trinajstić information content (AvgIpc) is 3.05. The largest absolute Gasteiger partial charge is 0.449 e. The number of azide groups is 1. The number of fused-ring (bicyclic) bond motifs is 3. The summed E-state index contributed by atoms with van der Waals surface area (Å²) in [5, 5.41) is 6.04. The first kappa shape index (κ1) is 19.5. The zero-order chi connectivity index (χ0) is 19.8. The molecule has 2 aromatic carbocycles. The summed E-state index contributed by atoms with van der Waals surface area (Å²) >= 11 is 0. The number of carbonyl (C=O) groups excluding carboxylic acids is 2. The Kier molecular flexibility index (Phi) is 6.65. The molecule has 0 fully saturated rings. The standard InChI is InChI=1S/C21H22N4O3/c22-25-23-12-6-5-7-15(13-26)24-21(27)28-14-20-18-10-3-1-8-16(18)17-9-2-4-11-19(17)20/h1-4,8-11,13,15,20H,5-7,12,14H2,(H,24,27)/t15-/m0/s1. The van der Waals surface area contributed by atoms with E-state index in [1.54, 1.807) is 0 Å². The van der Waals surface area contributed by atoms with Crippen LogP contribution in [0.4, 0.5) is 4.79 Å². The minimum atomic E-state index is -0.610. The van der Waals surface area contributed by atoms with Crippen LogP contribution in [0.1, 0.15) is 36.3 Å². The van der Waals surface area contributed by atoms with Gasteiger partial charge in [0.05, 0.1) is 6.04 Å². The van der Waals surface area contributed by atoms with Gasteiger partial charge in [-0.05, 0) is 40.6 Å². The lowest BCUT2D eigenvalue weighted by Crippen LogP contribution is -2.37. The van der Waals surface area contributed by atoms with Crippen LogP contribution in [0.25, 0.3) is 21.6 Å². The predicted octanol–water partition coefficient (Wildman–Crippen LogP) is 4.57. The molecule has 7 nitrogen and oxygen atoms in total. The van der Waals surface area contributed by atoms with Crippen molar-refractivity contribution in [2.24, 2.45) is 5.11 Å². The van der Waals surface area contributed by atoms with Gasteiger partial charge in [0.25, 0.3) is 0 Å². The van der Waals surface area contributed by atoms with E-state index in [4.69, 9.17) is 10.3 Å². The number of carbonyl (C=O) groups is 2. The monoisotopic (exact) mass is 378 g/mol. The van der Waals surface area contributed by atoms with E-state index in [1.807, 2.05) is 24.3 Å². The molecule has 28 heavy (non-hydrogen) atoms. The van der Waals surface area contributed by atoms with Crippen molar-refractivity contribution in [3.63, 3.8) is 0 Å². The second-order valence-corrected chi connectivity index (χ2v) is 6.66. The van der Waals surface area contributed by atoms with Crippen LogP contribution in [0.15, 0.2) is 53.6 Å². The molecule has 0 spiro atoms. The average molecular weight is 378 g/mol. The molecule has 0 saturated heterocycles. The quantitative estimate of drug-likeness (QED) is 0.227. The highest BCUT2D eigenvalue weighted by Crippen LogP contribution is 2.44. The summed E-state index contributed by atoms with van der Waals surface area (Å²) in [6, 6.07) is 15.6. The Balaban J connectivity index is 1.56. The number of ether oxygens (including phenoxy) is 1. The summed E-state index contributed by atoms with van der Waals surface area (Å²) < 4.78 is 5.44. The van der Waals surface area contributed by atoms with Gasteiger partial charge in [-0.2, -0.15) is 0 Å². The summed E-state index contributed by atoms with van der Waals surface area (Å²) in [7, 11) is 0. The molecule has 1 atom stereocenters. The Morgan fingerprint density at radius 1 is 1.14 bits per heavy atom. The molecule has 7 heteroatoms. The van der Waals surface area contributed by atoms with Crippen molar-refractivity contribution in [1.29, 1.82) is 0 Å². The van der Waals surface area contributed by atoms with Crippen LogP contribution >= 0.6 is 0 Å². The van der Waals surface area contributed by atoms with Crippen LogP contribution in [0, 0.1) is 0 Å². The number of hydrogen-bond donors (Lipinski definition) is 1. The molecule has 1 N–H and O–H groups in total. The van der Waals surface area contributed by atoms with Gasteiger partial charge in [0.15, 0.2) is 0 Å². The van der Waals surface area contributed by atoms with E-state index in [0.29, 0.717) is 32.1 Å². The number of aldehydes is 1. The lowest BCUT2D eigenvalue weighted by molar-refractivity contribution is -0.109. The smallest absolute Gasteiger partial charge is 0.407 e. The van der Waals surface area contributed by atoms with Crippen LogP contribution in [0.3, 0.4) is 0 Å². The van der Waals surface area contributed by atoms with E-state index < -0.39 is 12.1 Å². The maximum Gasteiger partial charge on any atom is 0.407 e. The third-order valence-corrected chi connectivity index (χ3v) is 4.90. The Morgan fingerprint density at radius 2 is 1.79 bits per heavy atom. The van der Waals surface area contributed by atoms with E-state index in [2.05, 4.69) is 39.6 Å². The second kappa shape index (κ2) is 9.58. The van der Waals surface area contributed by atoms with Gasteiger partial charge >= 0.3 is 6.09 Å². The van der Waals surface area contributed by atoms with Gasteiger partial charge in [-0.15, -0.1) is 0 Å². The Bertz CT molecular complexity index is 847. The van der Waals surface area contributed by atoms with E-state index >= 15 is 0 Å². The highest BCUT2D eigenvalue weighted by Gasteiger charge is 2.29. The van der Waals surface area contributed by atoms with Gasteiger partial charge in [0.2, 0.25) is 0 Å². The number of amides is 1. The molecule has 0 radical (unpaired) electrons. The SMILES string of the molecule is [N-]=[N+]=NCCCC[C@@H](C=O)NC(=O)OCC1c2ccccc2-c2ccccc21. The normalized spacial score (nSPS) is 13.0. The third kappa shape index (κ3) is 4.50. The maximum atomic E-state index is 12.2. The van der Waals surface area contributed by atoms with E-state index in [1.165, 1.54) is 0 Å². The van der Waals surface area contributed by atoms with Crippen molar-refractivity contribution in [2.45, 2.75) is 31.2 Å². The van der Waals surface area contributed by atoms with Crippen LogP contribution < -0.4 is 5.32 Å². The molecule has 1 amide bonds. The van der Waals surface area contributed by atoms with Crippen LogP contribution in [-0.4, -0.2) is 31.6 Å². The molecule has 0 unspecified atom stereocenters. The van der Waals surface area contributed by atoms with Crippen LogP contribution in [0.2, 0.25) is 0 Å². The number of nitrogens with one attached hydrogen (secondary N) is 1. The number of unbranched alkanes of at least 4 members (excludes halogenated alkanes) is 1. The van der Waals surface area contributed by atoms with Crippen molar-refractivity contribution in [3.05, 3.63) is 70.1 Å². The van der Waals surface area contributed by atoms with Crippen LogP contribution in [-0.2, 0) is 9.53 Å². The third-order valence-electron chi connectivity index (χ3n) is 4.90. The number of benzene rings is 2. The minimum Gasteiger partial charge on any atom is -0.449 e. The number of rotatable bonds is 9. The number of nitrogens with zero attached hydrogens (tertiary/aromatic N) is 3. The maximum absolute atomic E-state index is 12.2. The molecule has 144 valence electrons. The fourth-order valence-corrected chi connectivity index (χ4v) is 3.56. The zero-order valence-corrected chi connectivity index (χ0v) is 15.5. The van der Waals surface area contributed by atoms with Gasteiger partial charge in [-0.25, -0.2) is 4.79 Å². The van der Waals surface area contributed by atoms with Gasteiger partial charge < -0.3 is 14.8 Å². The van der Waals surface area contributed by atoms with Crippen molar-refractivity contribution < 1.29 is 14.3 Å². The van der Waals surface area contributed by atoms with Crippen LogP contribution in [0.5, 0.6) is 0 Å². The first-order chi connectivity index (χ1) is 13.7. The van der Waals surface area contributed by atoms with E-state index in [0.717, 1.165) is 22.3 Å². The molecule has 1 aliphatic rings. The van der Waals surface area contributed by atoms with Gasteiger partial charge in [-0.1, -0.05) is 60.1 Å². The molecule has 0 aromatic heterocycles. The molecule has 3 rings (SSSR count). The van der Waals surface area contributed by atoms with Crippen molar-refractivity contribution >= 4 is 12.4 Å². The lowest BCUT2D eigenvalue weighted by Gasteiger charge is -2.16. The van der Waals surface area contributed by atoms with E-state index in [-0.39, 0.29) is 12.5 Å². The predicted molar refractivity (Wildman–Crippen MR) is 106 cm³/mol. The van der Waals surface area contributed by atoms with Gasteiger partial charge in [0.1, 0.15) is 12.9 Å². The highest BCUT2D eigenvalue weighted by atomic mass is 16.5. The highest BCUT2D eigenvalue weighted by molar-refractivity contribution is 5.79. The fourth-order valence-electron chi connectivity index (χ4n) is 3.56. The molecule has 0 heterocycles. The van der Waals surface area contributed by atoms with E-state index in [9.17, 15) is 9.59 Å². The Hall–Kier alpha value is -3.31. The summed E-state index contributed by atoms with van der Waals surface area (Å²) in [6.07, 6.45) is 1.92. The first-order valence-corrected chi connectivity index (χ1v) is 9.32. The minimum absolute atomic E-state index is 0.0170. The molecule has 0 saturated carbocycles. The lowest BCUT2D eigenvalue weighted by atomic mass is 9.98. The van der Waals surface area contributed by atoms with Gasteiger partial charge in [-0.3, -0.25) is 0 Å². The summed E-state index contributed by atoms with van der Waals surface area (Å²) in [5.41, 5.74) is 12.8. The molecule has 0 aliphatic heterocycles. The number of hydrogen-bond acceptors (Lipinski definition) is 4. The summed E-state index contributed by atoms with van der Waals surface area (Å²) in [4.78, 5) is 26.0. The Labute approximate surface area is 163 Å². The number of alkyl carbamates (subject to hydrolysis) is 1. The zero-order valence-electron chi connectivity index (χ0n) is 15.5. The Morgan fingerprint density at radius 3 is 2.39 bits per heavy atom. The van der Waals surface area contributed by atoms with Crippen molar-refractivity contribution in [2.75, 3.05) is 13.2 Å². The fraction of sp³-hybridized carbons (Fsp3) is 0.333. The first-order valence-electron chi connectivity index (χ1n) is 9.32. The van der Waals surface area contributed by atoms with Gasteiger partial charge in [0, 0.05) is 17.4 Å². The molecular weight excluding hydrogens is 356 g/mol. The molecule has 2 aromatic rings. The topological polar surface area (TPSA) is 104 Å². The van der Waals surface area contributed by atoms with Crippen molar-refractivity contribution in [3.8, 4) is 11.1 Å². The van der Waals surface area contributed by atoms with Crippen molar-refractivity contribution in [1.82, 2.24) is 5.32 Å². The molecule has 0 bridgehead atoms. The molecular formula is C21H22N4O3. The summed E-state index contributed by atoms with van der Waals surface area (Å²) in [6.45, 7) is 0.593.